The van der Waals surface area contributed by atoms with E-state index in [-0.39, 0.29) is 5.82 Å². The zero-order valence-electron chi connectivity index (χ0n) is 8.12. The summed E-state index contributed by atoms with van der Waals surface area (Å²) >= 11 is 1.47. The van der Waals surface area contributed by atoms with Crippen LogP contribution in [0.15, 0.2) is 24.3 Å². The number of nitrogen functional groups attached to an aromatic ring is 1. The summed E-state index contributed by atoms with van der Waals surface area (Å²) < 4.78 is 12.7. The van der Waals surface area contributed by atoms with E-state index in [0.717, 1.165) is 16.1 Å². The molecule has 2 rings (SSSR count). The average molecular weight is 223 g/mol. The first-order chi connectivity index (χ1) is 7.20. The van der Waals surface area contributed by atoms with Gasteiger partial charge in [0.25, 0.3) is 0 Å². The van der Waals surface area contributed by atoms with Crippen molar-refractivity contribution in [3.05, 3.63) is 35.0 Å². The SMILES string of the molecule is Cc1sc(NN)nc1-c1ccc(F)cc1. The van der Waals surface area contributed by atoms with Crippen molar-refractivity contribution < 1.29 is 4.39 Å². The fourth-order valence-electron chi connectivity index (χ4n) is 1.33. The normalized spacial score (nSPS) is 10.3. The molecule has 0 atom stereocenters. The Labute approximate surface area is 90.7 Å². The van der Waals surface area contributed by atoms with E-state index in [2.05, 4.69) is 10.4 Å². The molecule has 3 N–H and O–H groups in total. The van der Waals surface area contributed by atoms with E-state index < -0.39 is 0 Å². The highest BCUT2D eigenvalue weighted by molar-refractivity contribution is 7.15. The lowest BCUT2D eigenvalue weighted by Gasteiger charge is -1.97. The van der Waals surface area contributed by atoms with Crippen LogP contribution in [0, 0.1) is 12.7 Å². The number of aromatic nitrogens is 1. The fourth-order valence-corrected chi connectivity index (χ4v) is 2.08. The van der Waals surface area contributed by atoms with Crippen molar-refractivity contribution >= 4 is 16.5 Å². The number of halogens is 1. The largest absolute Gasteiger partial charge is 0.300 e. The van der Waals surface area contributed by atoms with Crippen LogP contribution in [0.1, 0.15) is 4.88 Å². The first kappa shape index (κ1) is 10.1. The van der Waals surface area contributed by atoms with E-state index in [1.165, 1.54) is 23.5 Å². The fraction of sp³-hybridized carbons (Fsp3) is 0.100. The molecule has 3 nitrogen and oxygen atoms in total. The van der Waals surface area contributed by atoms with Crippen molar-refractivity contribution in [1.29, 1.82) is 0 Å². The maximum Gasteiger partial charge on any atom is 0.197 e. The lowest BCUT2D eigenvalue weighted by Crippen LogP contribution is -2.05. The molecule has 0 unspecified atom stereocenters. The van der Waals surface area contributed by atoms with Gasteiger partial charge in [0.05, 0.1) is 5.69 Å². The maximum atomic E-state index is 12.7. The Balaban J connectivity index is 2.44. The molecule has 2 aromatic rings. The number of nitrogens with two attached hydrogens (primary N) is 1. The molecule has 5 heteroatoms. The van der Waals surface area contributed by atoms with E-state index in [1.54, 1.807) is 12.1 Å². The second kappa shape index (κ2) is 3.96. The average Bonchev–Trinajstić information content (AvgIpc) is 2.61. The molecule has 0 saturated heterocycles. The molecule has 0 aliphatic rings. The van der Waals surface area contributed by atoms with Gasteiger partial charge in [-0.1, -0.05) is 0 Å². The van der Waals surface area contributed by atoms with Gasteiger partial charge in [-0.3, -0.25) is 5.43 Å². The second-order valence-electron chi connectivity index (χ2n) is 3.08. The molecule has 0 aliphatic carbocycles. The summed E-state index contributed by atoms with van der Waals surface area (Å²) in [6.07, 6.45) is 0. The molecule has 0 spiro atoms. The van der Waals surface area contributed by atoms with Gasteiger partial charge in [0.15, 0.2) is 5.13 Å². The molecule has 78 valence electrons. The minimum atomic E-state index is -0.246. The Morgan fingerprint density at radius 2 is 2.00 bits per heavy atom. The number of nitrogens with one attached hydrogen (secondary N) is 1. The minimum Gasteiger partial charge on any atom is -0.300 e. The van der Waals surface area contributed by atoms with Gasteiger partial charge in [-0.25, -0.2) is 15.2 Å². The van der Waals surface area contributed by atoms with Crippen LogP contribution in [0.25, 0.3) is 11.3 Å². The van der Waals surface area contributed by atoms with Gasteiger partial charge in [-0.05, 0) is 31.2 Å². The number of nitrogens with zero attached hydrogens (tertiary/aromatic N) is 1. The van der Waals surface area contributed by atoms with Crippen LogP contribution in [0.4, 0.5) is 9.52 Å². The third-order valence-electron chi connectivity index (χ3n) is 2.04. The zero-order valence-corrected chi connectivity index (χ0v) is 8.94. The Morgan fingerprint density at radius 1 is 1.33 bits per heavy atom. The molecule has 0 bridgehead atoms. The number of aryl methyl sites for hydroxylation is 1. The number of hydrogen-bond donors (Lipinski definition) is 2. The molecule has 0 saturated carbocycles. The molecular formula is C10H10FN3S. The summed E-state index contributed by atoms with van der Waals surface area (Å²) in [5, 5.41) is 0.659. The molecule has 0 fully saturated rings. The van der Waals surface area contributed by atoms with Crippen LogP contribution in [0.2, 0.25) is 0 Å². The van der Waals surface area contributed by atoms with E-state index in [0.29, 0.717) is 5.13 Å². The lowest BCUT2D eigenvalue weighted by molar-refractivity contribution is 0.628. The summed E-state index contributed by atoms with van der Waals surface area (Å²) in [6, 6.07) is 6.25. The summed E-state index contributed by atoms with van der Waals surface area (Å²) in [4.78, 5) is 5.34. The van der Waals surface area contributed by atoms with E-state index in [1.807, 2.05) is 6.92 Å². The number of benzene rings is 1. The lowest BCUT2D eigenvalue weighted by atomic mass is 10.1. The van der Waals surface area contributed by atoms with Crippen molar-refractivity contribution in [3.63, 3.8) is 0 Å². The standard InChI is InChI=1S/C10H10FN3S/c1-6-9(13-10(14-12)15-6)7-2-4-8(11)5-3-7/h2-5H,12H2,1H3,(H,13,14). The van der Waals surface area contributed by atoms with Crippen molar-refractivity contribution in [2.45, 2.75) is 6.92 Å². The summed E-state index contributed by atoms with van der Waals surface area (Å²) in [5.41, 5.74) is 4.24. The predicted octanol–water partition coefficient (Wildman–Crippen LogP) is 2.54. The summed E-state index contributed by atoms with van der Waals surface area (Å²) in [6.45, 7) is 1.96. The Hall–Kier alpha value is -1.46. The van der Waals surface area contributed by atoms with Gasteiger partial charge in [0.1, 0.15) is 5.82 Å². The van der Waals surface area contributed by atoms with Crippen LogP contribution >= 0.6 is 11.3 Å². The van der Waals surface area contributed by atoms with Gasteiger partial charge < -0.3 is 0 Å². The van der Waals surface area contributed by atoms with Crippen LogP contribution in [0.3, 0.4) is 0 Å². The van der Waals surface area contributed by atoms with Crippen LogP contribution in [-0.2, 0) is 0 Å². The minimum absolute atomic E-state index is 0.246. The van der Waals surface area contributed by atoms with Crippen LogP contribution in [-0.4, -0.2) is 4.98 Å². The Morgan fingerprint density at radius 3 is 2.53 bits per heavy atom. The van der Waals surface area contributed by atoms with Gasteiger partial charge in [-0.15, -0.1) is 11.3 Å². The van der Waals surface area contributed by atoms with Crippen molar-refractivity contribution in [1.82, 2.24) is 4.98 Å². The Kier molecular flexibility index (Phi) is 2.66. The monoisotopic (exact) mass is 223 g/mol. The van der Waals surface area contributed by atoms with Gasteiger partial charge in [-0.2, -0.15) is 0 Å². The summed E-state index contributed by atoms with van der Waals surface area (Å²) in [7, 11) is 0. The predicted molar refractivity (Wildman–Crippen MR) is 60.1 cm³/mol. The molecule has 1 aromatic carbocycles. The Bertz CT molecular complexity index is 464. The molecule has 0 radical (unpaired) electrons. The third-order valence-corrected chi connectivity index (χ3v) is 2.94. The first-order valence-electron chi connectivity index (χ1n) is 4.40. The smallest absolute Gasteiger partial charge is 0.197 e. The van der Waals surface area contributed by atoms with Gasteiger partial charge in [0, 0.05) is 10.4 Å². The summed E-state index contributed by atoms with van der Waals surface area (Å²) in [5.74, 6) is 5.03. The zero-order chi connectivity index (χ0) is 10.8. The van der Waals surface area contributed by atoms with Crippen LogP contribution in [0.5, 0.6) is 0 Å². The number of hydrazine groups is 1. The molecule has 1 aromatic heterocycles. The van der Waals surface area contributed by atoms with Crippen LogP contribution < -0.4 is 11.3 Å². The van der Waals surface area contributed by atoms with E-state index >= 15 is 0 Å². The highest BCUT2D eigenvalue weighted by Gasteiger charge is 2.08. The van der Waals surface area contributed by atoms with Crippen molar-refractivity contribution in [2.75, 3.05) is 5.43 Å². The van der Waals surface area contributed by atoms with Gasteiger partial charge in [0.2, 0.25) is 0 Å². The number of hydrogen-bond acceptors (Lipinski definition) is 4. The quantitative estimate of drug-likeness (QED) is 0.607. The van der Waals surface area contributed by atoms with E-state index in [4.69, 9.17) is 5.84 Å². The first-order valence-corrected chi connectivity index (χ1v) is 5.22. The van der Waals surface area contributed by atoms with Crippen molar-refractivity contribution in [2.24, 2.45) is 5.84 Å². The van der Waals surface area contributed by atoms with E-state index in [9.17, 15) is 4.39 Å². The number of rotatable bonds is 2. The number of anilines is 1. The highest BCUT2D eigenvalue weighted by Crippen LogP contribution is 2.29. The van der Waals surface area contributed by atoms with Gasteiger partial charge >= 0.3 is 0 Å². The molecule has 1 heterocycles. The second-order valence-corrected chi connectivity index (χ2v) is 4.28. The number of thiazole rings is 1. The van der Waals surface area contributed by atoms with Crippen molar-refractivity contribution in [3.8, 4) is 11.3 Å². The molecule has 0 amide bonds. The third kappa shape index (κ3) is 1.98. The molecule has 15 heavy (non-hydrogen) atoms. The molecule has 0 aliphatic heterocycles. The topological polar surface area (TPSA) is 50.9 Å². The molecular weight excluding hydrogens is 213 g/mol. The highest BCUT2D eigenvalue weighted by atomic mass is 32.1. The maximum absolute atomic E-state index is 12.7.